The molecule has 0 saturated heterocycles. The maximum atomic E-state index is 14.4. The lowest BCUT2D eigenvalue weighted by Crippen LogP contribution is -2.35. The van der Waals surface area contributed by atoms with Gasteiger partial charge in [-0.05, 0) is 34.7 Å². The lowest BCUT2D eigenvalue weighted by atomic mass is 9.77. The van der Waals surface area contributed by atoms with Crippen LogP contribution in [0.3, 0.4) is 0 Å². The van der Waals surface area contributed by atoms with E-state index in [-0.39, 0.29) is 27.2 Å². The fraction of sp³-hybridized carbons (Fsp3) is 0.143. The average Bonchev–Trinajstić information content (AvgIpc) is 2.88. The smallest absolute Gasteiger partial charge is 0.155 e. The van der Waals surface area contributed by atoms with Crippen LogP contribution in [0.25, 0.3) is 0 Å². The summed E-state index contributed by atoms with van der Waals surface area (Å²) in [6, 6.07) is 2.06. The first-order chi connectivity index (χ1) is 10.4. The van der Waals surface area contributed by atoms with E-state index in [2.05, 4.69) is 10.3 Å². The van der Waals surface area contributed by atoms with Crippen molar-refractivity contribution in [2.45, 2.75) is 5.41 Å². The molecule has 3 rings (SSSR count). The van der Waals surface area contributed by atoms with Crippen LogP contribution in [0, 0.1) is 21.0 Å². The number of anilines is 2. The van der Waals surface area contributed by atoms with Crippen molar-refractivity contribution in [3.05, 3.63) is 50.5 Å². The Kier molecular flexibility index (Phi) is 3.50. The summed E-state index contributed by atoms with van der Waals surface area (Å²) in [5.41, 5.74) is 3.10. The number of benzene rings is 1. The van der Waals surface area contributed by atoms with Crippen molar-refractivity contribution in [1.82, 2.24) is 4.98 Å². The number of rotatable bonds is 2. The van der Waals surface area contributed by atoms with Gasteiger partial charge in [-0.3, -0.25) is 0 Å². The van der Waals surface area contributed by atoms with Gasteiger partial charge in [-0.1, -0.05) is 0 Å². The van der Waals surface area contributed by atoms with E-state index in [1.165, 1.54) is 0 Å². The minimum Gasteiger partial charge on any atom is -0.396 e. The molecule has 1 unspecified atom stereocenters. The number of hydrogen-bond acceptors (Lipinski definition) is 4. The summed E-state index contributed by atoms with van der Waals surface area (Å²) in [5, 5.41) is 2.79. The number of nitrogens with one attached hydrogen (secondary N) is 1. The molecule has 0 spiro atoms. The number of pyridine rings is 1. The van der Waals surface area contributed by atoms with Crippen molar-refractivity contribution in [2.75, 3.05) is 17.6 Å². The largest absolute Gasteiger partial charge is 0.396 e. The van der Waals surface area contributed by atoms with E-state index in [0.29, 0.717) is 6.29 Å². The lowest BCUT2D eigenvalue weighted by Gasteiger charge is -2.25. The SMILES string of the molecule is Nc1ccc(F)c(C2(C=O)CNc3ncc(F)c(I)c32)c1F. The molecule has 22 heavy (non-hydrogen) atoms. The van der Waals surface area contributed by atoms with Crippen molar-refractivity contribution in [3.8, 4) is 0 Å². The number of carbonyl (C=O) groups excluding carboxylic acids is 1. The van der Waals surface area contributed by atoms with Gasteiger partial charge in [0.2, 0.25) is 0 Å². The predicted octanol–water partition coefficient (Wildman–Crippen LogP) is 2.60. The molecule has 1 aliphatic rings. The van der Waals surface area contributed by atoms with Crippen molar-refractivity contribution in [3.63, 3.8) is 0 Å². The molecule has 0 aliphatic carbocycles. The molecule has 0 fully saturated rings. The molecule has 0 radical (unpaired) electrons. The first kappa shape index (κ1) is 15.1. The van der Waals surface area contributed by atoms with Gasteiger partial charge >= 0.3 is 0 Å². The molecule has 3 N–H and O–H groups in total. The van der Waals surface area contributed by atoms with Gasteiger partial charge in [-0.25, -0.2) is 18.2 Å². The second-order valence-electron chi connectivity index (χ2n) is 4.91. The van der Waals surface area contributed by atoms with Crippen LogP contribution in [0.1, 0.15) is 11.1 Å². The summed E-state index contributed by atoms with van der Waals surface area (Å²) in [4.78, 5) is 15.6. The molecule has 4 nitrogen and oxygen atoms in total. The van der Waals surface area contributed by atoms with Crippen LogP contribution in [-0.2, 0) is 10.2 Å². The Bertz CT molecular complexity index is 799. The predicted molar refractivity (Wildman–Crippen MR) is 83.0 cm³/mol. The summed E-state index contributed by atoms with van der Waals surface area (Å²) in [7, 11) is 0. The monoisotopic (exact) mass is 419 g/mol. The van der Waals surface area contributed by atoms with Gasteiger partial charge < -0.3 is 15.8 Å². The van der Waals surface area contributed by atoms with Crippen LogP contribution in [-0.4, -0.2) is 17.8 Å². The maximum Gasteiger partial charge on any atom is 0.155 e. The second-order valence-corrected chi connectivity index (χ2v) is 5.99. The Balaban J connectivity index is 2.39. The fourth-order valence-corrected chi connectivity index (χ4v) is 3.54. The van der Waals surface area contributed by atoms with Gasteiger partial charge in [0.25, 0.3) is 0 Å². The van der Waals surface area contributed by atoms with Crippen LogP contribution in [0.5, 0.6) is 0 Å². The quantitative estimate of drug-likeness (QED) is 0.446. The van der Waals surface area contributed by atoms with Gasteiger partial charge in [-0.2, -0.15) is 0 Å². The van der Waals surface area contributed by atoms with E-state index in [0.717, 1.165) is 18.3 Å². The third-order valence-corrected chi connectivity index (χ3v) is 4.78. The normalized spacial score (nSPS) is 19.6. The maximum absolute atomic E-state index is 14.4. The van der Waals surface area contributed by atoms with Crippen molar-refractivity contribution < 1.29 is 18.0 Å². The van der Waals surface area contributed by atoms with Crippen molar-refractivity contribution >= 4 is 40.4 Å². The molecular weight excluding hydrogens is 410 g/mol. The van der Waals surface area contributed by atoms with E-state index in [1.807, 2.05) is 0 Å². The Morgan fingerprint density at radius 1 is 1.27 bits per heavy atom. The van der Waals surface area contributed by atoms with Crippen molar-refractivity contribution in [1.29, 1.82) is 0 Å². The number of fused-ring (bicyclic) bond motifs is 1. The zero-order valence-electron chi connectivity index (χ0n) is 11.0. The van der Waals surface area contributed by atoms with E-state index in [1.54, 1.807) is 22.6 Å². The highest BCUT2D eigenvalue weighted by Gasteiger charge is 2.47. The number of aromatic nitrogens is 1. The third kappa shape index (κ3) is 1.89. The minimum absolute atomic E-state index is 0.0842. The van der Waals surface area contributed by atoms with Crippen LogP contribution in [0.2, 0.25) is 0 Å². The summed E-state index contributed by atoms with van der Waals surface area (Å²) in [6.07, 6.45) is 1.39. The minimum atomic E-state index is -1.72. The molecule has 1 aliphatic heterocycles. The molecule has 0 amide bonds. The van der Waals surface area contributed by atoms with Crippen LogP contribution < -0.4 is 11.1 Å². The molecule has 0 saturated carbocycles. The fourth-order valence-electron chi connectivity index (χ4n) is 2.67. The number of nitrogen functional groups attached to an aromatic ring is 1. The summed E-state index contributed by atoms with van der Waals surface area (Å²) >= 11 is 1.69. The number of nitrogens with two attached hydrogens (primary N) is 1. The van der Waals surface area contributed by atoms with Crippen LogP contribution in [0.15, 0.2) is 18.3 Å². The first-order valence-electron chi connectivity index (χ1n) is 6.21. The number of aldehydes is 1. The zero-order valence-corrected chi connectivity index (χ0v) is 13.1. The Labute approximate surface area is 137 Å². The molecule has 2 aromatic rings. The number of carbonyl (C=O) groups is 1. The molecular formula is C14H9F3IN3O. The zero-order chi connectivity index (χ0) is 16.1. The molecule has 114 valence electrons. The number of halogens is 4. The summed E-state index contributed by atoms with van der Waals surface area (Å²) in [5.74, 6) is -2.39. The Hall–Kier alpha value is -1.84. The van der Waals surface area contributed by atoms with E-state index in [9.17, 15) is 18.0 Å². The van der Waals surface area contributed by atoms with E-state index in [4.69, 9.17) is 5.73 Å². The molecule has 2 heterocycles. The highest BCUT2D eigenvalue weighted by atomic mass is 127. The van der Waals surface area contributed by atoms with Crippen LogP contribution in [0.4, 0.5) is 24.7 Å². The second kappa shape index (κ2) is 5.11. The van der Waals surface area contributed by atoms with Crippen LogP contribution >= 0.6 is 22.6 Å². The lowest BCUT2D eigenvalue weighted by molar-refractivity contribution is -0.111. The van der Waals surface area contributed by atoms with Gasteiger partial charge in [0.05, 0.1) is 15.5 Å². The average molecular weight is 419 g/mol. The topological polar surface area (TPSA) is 68.0 Å². The standard InChI is InChI=1S/C14H9F3IN3O/c15-6-1-2-8(19)11(17)9(6)14(5-22)4-21-13-10(14)12(18)7(16)3-20-13/h1-3,5H,4,19H2,(H,20,21). The molecule has 1 aromatic heterocycles. The number of hydrogen-bond donors (Lipinski definition) is 2. The van der Waals surface area contributed by atoms with Gasteiger partial charge in [0.1, 0.15) is 23.3 Å². The van der Waals surface area contributed by atoms with E-state index < -0.39 is 28.4 Å². The Morgan fingerprint density at radius 3 is 2.68 bits per heavy atom. The molecule has 1 atom stereocenters. The summed E-state index contributed by atoms with van der Waals surface area (Å²) in [6.45, 7) is -0.129. The number of nitrogens with zero attached hydrogens (tertiary/aromatic N) is 1. The first-order valence-corrected chi connectivity index (χ1v) is 7.29. The summed E-state index contributed by atoms with van der Waals surface area (Å²) < 4.78 is 42.6. The molecule has 0 bridgehead atoms. The molecule has 8 heteroatoms. The van der Waals surface area contributed by atoms with Gasteiger partial charge in [0, 0.05) is 17.7 Å². The van der Waals surface area contributed by atoms with E-state index >= 15 is 0 Å². The third-order valence-electron chi connectivity index (χ3n) is 3.72. The highest BCUT2D eigenvalue weighted by Crippen LogP contribution is 2.45. The Morgan fingerprint density at radius 2 is 2.00 bits per heavy atom. The molecule has 1 aromatic carbocycles. The van der Waals surface area contributed by atoms with Gasteiger partial charge in [-0.15, -0.1) is 0 Å². The van der Waals surface area contributed by atoms with Gasteiger partial charge in [0.15, 0.2) is 11.6 Å². The highest BCUT2D eigenvalue weighted by molar-refractivity contribution is 14.1. The van der Waals surface area contributed by atoms with Crippen molar-refractivity contribution in [2.24, 2.45) is 0 Å².